The zero-order valence-corrected chi connectivity index (χ0v) is 11.0. The minimum absolute atomic E-state index is 0.731. The quantitative estimate of drug-likeness (QED) is 0.322. The van der Waals surface area contributed by atoms with Crippen molar-refractivity contribution in [1.82, 2.24) is 39.9 Å². The lowest BCUT2D eigenvalue weighted by Crippen LogP contribution is -2.79. The van der Waals surface area contributed by atoms with Gasteiger partial charge in [0.2, 0.25) is 0 Å². The molecule has 0 amide bonds. The van der Waals surface area contributed by atoms with Crippen molar-refractivity contribution >= 4 is 29.0 Å². The summed E-state index contributed by atoms with van der Waals surface area (Å²) in [4.78, 5) is 30.5. The maximum atomic E-state index is 4.45. The Bertz CT molecular complexity index is 643. The SMILES string of the molecule is c1c[nH]c([B-](c2ncc[nH]2)(c2ncc[nH]2)c2ncc[nH]2)n1. The van der Waals surface area contributed by atoms with E-state index in [0.717, 1.165) is 22.9 Å². The molecule has 4 N–H and O–H groups in total. The van der Waals surface area contributed by atoms with Gasteiger partial charge in [-0.15, -0.1) is 0 Å². The summed E-state index contributed by atoms with van der Waals surface area (Å²) in [7, 11) is 0. The first kappa shape index (κ1) is 11.7. The van der Waals surface area contributed by atoms with Gasteiger partial charge < -0.3 is 19.9 Å². The molecular weight excluding hydrogens is 267 g/mol. The average Bonchev–Trinajstić information content (AvgIpc) is 3.32. The molecule has 0 bridgehead atoms. The molecule has 0 saturated carbocycles. The Hall–Kier alpha value is -3.10. The number of aromatic amines is 4. The summed E-state index contributed by atoms with van der Waals surface area (Å²) in [5, 5.41) is 0. The van der Waals surface area contributed by atoms with Gasteiger partial charge in [0.25, 0.3) is 6.15 Å². The Morgan fingerprint density at radius 2 is 0.810 bits per heavy atom. The van der Waals surface area contributed by atoms with E-state index >= 15 is 0 Å². The van der Waals surface area contributed by atoms with Crippen LogP contribution in [0.5, 0.6) is 0 Å². The molecule has 0 aliphatic carbocycles. The molecule has 0 saturated heterocycles. The fourth-order valence-electron chi connectivity index (χ4n) is 2.83. The predicted octanol–water partition coefficient (Wildman–Crippen LogP) is -2.04. The molecule has 4 heterocycles. The van der Waals surface area contributed by atoms with Gasteiger partial charge in [-0.3, -0.25) is 19.9 Å². The molecule has 0 spiro atoms. The molecule has 0 unspecified atom stereocenters. The number of imidazole rings is 4. The van der Waals surface area contributed by atoms with Crippen LogP contribution in [0.3, 0.4) is 0 Å². The summed E-state index contributed by atoms with van der Waals surface area (Å²) in [5.41, 5.74) is 2.93. The normalized spacial score (nSPS) is 11.8. The molecule has 4 aromatic rings. The van der Waals surface area contributed by atoms with E-state index in [-0.39, 0.29) is 0 Å². The number of nitrogens with one attached hydrogen (secondary N) is 4. The summed E-state index contributed by atoms with van der Waals surface area (Å²) in [6.45, 7) is 0. The van der Waals surface area contributed by atoms with Gasteiger partial charge in [0.15, 0.2) is 0 Å². The first-order valence-corrected chi connectivity index (χ1v) is 6.57. The van der Waals surface area contributed by atoms with Crippen LogP contribution in [0.15, 0.2) is 49.6 Å². The smallest absolute Gasteiger partial charge is 0.260 e. The third-order valence-corrected chi connectivity index (χ3v) is 3.72. The van der Waals surface area contributed by atoms with Crippen molar-refractivity contribution in [3.8, 4) is 0 Å². The van der Waals surface area contributed by atoms with Crippen LogP contribution >= 0.6 is 0 Å². The highest BCUT2D eigenvalue weighted by atomic mass is 15.0. The van der Waals surface area contributed by atoms with Gasteiger partial charge in [-0.2, -0.15) is 0 Å². The van der Waals surface area contributed by atoms with Gasteiger partial charge in [0.05, 0.1) is 0 Å². The van der Waals surface area contributed by atoms with Crippen LogP contribution in [0.1, 0.15) is 0 Å². The van der Waals surface area contributed by atoms with Gasteiger partial charge in [-0.1, -0.05) is 0 Å². The molecule has 8 nitrogen and oxygen atoms in total. The van der Waals surface area contributed by atoms with Crippen molar-refractivity contribution in [1.29, 1.82) is 0 Å². The minimum Gasteiger partial charge on any atom is -0.383 e. The number of aromatic nitrogens is 8. The van der Waals surface area contributed by atoms with Gasteiger partial charge in [-0.25, -0.2) is 0 Å². The molecule has 21 heavy (non-hydrogen) atoms. The van der Waals surface area contributed by atoms with E-state index in [0.29, 0.717) is 0 Å². The fourth-order valence-corrected chi connectivity index (χ4v) is 2.83. The van der Waals surface area contributed by atoms with Crippen LogP contribution in [-0.2, 0) is 0 Å². The summed E-state index contributed by atoms with van der Waals surface area (Å²) in [6.07, 6.45) is 12.2. The molecule has 0 atom stereocenters. The third-order valence-electron chi connectivity index (χ3n) is 3.72. The standard InChI is InChI=1S/C12H12BN8/c1-2-15-9(14-1)13(10-16-3-4-17-10,11-18-5-6-19-11)12-20-7-8-21-12/h1-8H,(H,14,15)(H,16,17)(H,18,19)(H,20,21)/q-1. The van der Waals surface area contributed by atoms with Crippen molar-refractivity contribution in [3.63, 3.8) is 0 Å². The van der Waals surface area contributed by atoms with Crippen molar-refractivity contribution in [2.75, 3.05) is 0 Å². The van der Waals surface area contributed by atoms with Gasteiger partial charge in [0, 0.05) is 49.6 Å². The van der Waals surface area contributed by atoms with Gasteiger partial charge >= 0.3 is 0 Å². The molecule has 0 aromatic carbocycles. The van der Waals surface area contributed by atoms with E-state index in [9.17, 15) is 0 Å². The lowest BCUT2D eigenvalue weighted by Gasteiger charge is -2.33. The first-order chi connectivity index (χ1) is 10.4. The first-order valence-electron chi connectivity index (χ1n) is 6.57. The largest absolute Gasteiger partial charge is 0.383 e. The van der Waals surface area contributed by atoms with Crippen LogP contribution in [0.2, 0.25) is 0 Å². The second-order valence-corrected chi connectivity index (χ2v) is 4.76. The summed E-state index contributed by atoms with van der Waals surface area (Å²) in [6, 6.07) is 0. The van der Waals surface area contributed by atoms with E-state index in [1.54, 1.807) is 49.6 Å². The molecule has 4 aromatic heterocycles. The number of hydrogen-bond donors (Lipinski definition) is 4. The number of hydrogen-bond acceptors (Lipinski definition) is 4. The molecule has 9 heteroatoms. The second-order valence-electron chi connectivity index (χ2n) is 4.76. The van der Waals surface area contributed by atoms with E-state index in [2.05, 4.69) is 39.9 Å². The van der Waals surface area contributed by atoms with E-state index in [4.69, 9.17) is 0 Å². The third kappa shape index (κ3) is 1.57. The van der Waals surface area contributed by atoms with Crippen molar-refractivity contribution in [2.24, 2.45) is 0 Å². The number of rotatable bonds is 4. The van der Waals surface area contributed by atoms with Crippen molar-refractivity contribution < 1.29 is 0 Å². The zero-order chi connectivity index (χ0) is 14.1. The van der Waals surface area contributed by atoms with Crippen molar-refractivity contribution in [2.45, 2.75) is 0 Å². The molecule has 0 radical (unpaired) electrons. The lowest BCUT2D eigenvalue weighted by molar-refractivity contribution is 1.27. The monoisotopic (exact) mass is 279 g/mol. The molecule has 0 aliphatic rings. The Morgan fingerprint density at radius 1 is 0.524 bits per heavy atom. The molecule has 0 aliphatic heterocycles. The number of nitrogens with zero attached hydrogens (tertiary/aromatic N) is 4. The predicted molar refractivity (Wildman–Crippen MR) is 78.6 cm³/mol. The Morgan fingerprint density at radius 3 is 1.00 bits per heavy atom. The highest BCUT2D eigenvalue weighted by Crippen LogP contribution is 1.99. The van der Waals surface area contributed by atoms with Gasteiger partial charge in [-0.05, 0) is 22.9 Å². The second kappa shape index (κ2) is 4.48. The maximum absolute atomic E-state index is 4.45. The Kier molecular flexibility index (Phi) is 2.50. The van der Waals surface area contributed by atoms with Crippen molar-refractivity contribution in [3.05, 3.63) is 49.6 Å². The average molecular weight is 279 g/mol. The highest BCUT2D eigenvalue weighted by Gasteiger charge is 2.41. The van der Waals surface area contributed by atoms with E-state index < -0.39 is 6.15 Å². The fraction of sp³-hybridized carbons (Fsp3) is 0. The highest BCUT2D eigenvalue weighted by molar-refractivity contribution is 7.17. The Labute approximate surface area is 119 Å². The van der Waals surface area contributed by atoms with Crippen LogP contribution in [0, 0.1) is 0 Å². The zero-order valence-electron chi connectivity index (χ0n) is 11.0. The number of H-pyrrole nitrogens is 4. The lowest BCUT2D eigenvalue weighted by atomic mass is 9.22. The summed E-state index contributed by atoms with van der Waals surface area (Å²) in [5.74, 6) is 0. The van der Waals surface area contributed by atoms with Crippen LogP contribution in [0.25, 0.3) is 0 Å². The molecule has 104 valence electrons. The Balaban J connectivity index is 2.10. The van der Waals surface area contributed by atoms with Crippen LogP contribution < -0.4 is 22.9 Å². The summed E-state index contributed by atoms with van der Waals surface area (Å²) < 4.78 is 0. The van der Waals surface area contributed by atoms with Gasteiger partial charge in [0.1, 0.15) is 0 Å². The van der Waals surface area contributed by atoms with E-state index in [1.807, 2.05) is 0 Å². The minimum atomic E-state index is -1.72. The van der Waals surface area contributed by atoms with Crippen LogP contribution in [0.4, 0.5) is 0 Å². The molecule has 0 fully saturated rings. The molecular formula is C12H12BN8-. The van der Waals surface area contributed by atoms with Crippen LogP contribution in [-0.4, -0.2) is 46.0 Å². The van der Waals surface area contributed by atoms with E-state index in [1.165, 1.54) is 0 Å². The maximum Gasteiger partial charge on any atom is 0.260 e. The topological polar surface area (TPSA) is 115 Å². The summed E-state index contributed by atoms with van der Waals surface area (Å²) >= 11 is 0. The molecule has 4 rings (SSSR count).